The van der Waals surface area contributed by atoms with E-state index in [1.54, 1.807) is 0 Å². The normalized spacial score (nSPS) is 11.4. The Kier molecular flexibility index (Phi) is 7.52. The van der Waals surface area contributed by atoms with Crippen LogP contribution in [0.5, 0.6) is 0 Å². The summed E-state index contributed by atoms with van der Waals surface area (Å²) in [7, 11) is 0. The molecule has 90 valence electrons. The highest BCUT2D eigenvalue weighted by Crippen LogP contribution is 2.17. The summed E-state index contributed by atoms with van der Waals surface area (Å²) < 4.78 is 0. The Bertz CT molecular complexity index is 307. The molecular formula is C13H20ClNS. The predicted octanol–water partition coefficient (Wildman–Crippen LogP) is 4.53. The van der Waals surface area contributed by atoms with Crippen molar-refractivity contribution in [2.24, 2.45) is 4.99 Å². The minimum Gasteiger partial charge on any atom is -0.293 e. The van der Waals surface area contributed by atoms with Crippen molar-refractivity contribution in [3.05, 3.63) is 21.9 Å². The number of hydrogen-bond donors (Lipinski definition) is 0. The van der Waals surface area contributed by atoms with Gasteiger partial charge in [-0.05, 0) is 37.1 Å². The fourth-order valence-corrected chi connectivity index (χ4v) is 2.55. The molecule has 1 aromatic rings. The quantitative estimate of drug-likeness (QED) is 0.369. The maximum atomic E-state index is 5.68. The van der Waals surface area contributed by atoms with Crippen molar-refractivity contribution >= 4 is 29.2 Å². The average Bonchev–Trinajstić information content (AvgIpc) is 2.73. The van der Waals surface area contributed by atoms with Gasteiger partial charge in [0.25, 0.3) is 0 Å². The first-order valence-corrected chi connectivity index (χ1v) is 7.42. The van der Waals surface area contributed by atoms with Crippen molar-refractivity contribution in [1.29, 1.82) is 0 Å². The zero-order valence-corrected chi connectivity index (χ0v) is 11.5. The van der Waals surface area contributed by atoms with Crippen LogP contribution in [0.3, 0.4) is 0 Å². The third-order valence-corrected chi connectivity index (χ3v) is 3.70. The van der Waals surface area contributed by atoms with Crippen LogP contribution in [-0.4, -0.2) is 18.6 Å². The van der Waals surface area contributed by atoms with E-state index < -0.39 is 0 Å². The number of thiophene rings is 1. The largest absolute Gasteiger partial charge is 0.293 e. The van der Waals surface area contributed by atoms with Crippen LogP contribution in [0, 0.1) is 0 Å². The van der Waals surface area contributed by atoms with E-state index in [4.69, 9.17) is 11.6 Å². The van der Waals surface area contributed by atoms with E-state index in [0.29, 0.717) is 0 Å². The van der Waals surface area contributed by atoms with Crippen LogP contribution in [0.4, 0.5) is 0 Å². The van der Waals surface area contributed by atoms with Gasteiger partial charge >= 0.3 is 0 Å². The molecule has 1 heterocycles. The molecule has 0 fully saturated rings. The first kappa shape index (κ1) is 13.7. The van der Waals surface area contributed by atoms with Crippen molar-refractivity contribution in [2.45, 2.75) is 39.0 Å². The molecule has 0 N–H and O–H groups in total. The summed E-state index contributed by atoms with van der Waals surface area (Å²) in [6.45, 7) is 3.14. The molecule has 1 aromatic heterocycles. The van der Waals surface area contributed by atoms with Crippen LogP contribution in [0.2, 0.25) is 0 Å². The summed E-state index contributed by atoms with van der Waals surface area (Å²) in [5.41, 5.74) is 1.30. The van der Waals surface area contributed by atoms with E-state index in [2.05, 4.69) is 23.4 Å². The number of rotatable bonds is 8. The van der Waals surface area contributed by atoms with Gasteiger partial charge in [-0.2, -0.15) is 0 Å². The Balaban J connectivity index is 2.40. The Morgan fingerprint density at radius 2 is 2.25 bits per heavy atom. The van der Waals surface area contributed by atoms with Gasteiger partial charge in [0, 0.05) is 29.1 Å². The summed E-state index contributed by atoms with van der Waals surface area (Å²) >= 11 is 7.51. The summed E-state index contributed by atoms with van der Waals surface area (Å²) in [6.07, 6.45) is 7.85. The second-order valence-corrected chi connectivity index (χ2v) is 5.21. The Morgan fingerprint density at radius 3 is 3.00 bits per heavy atom. The summed E-state index contributed by atoms with van der Waals surface area (Å²) in [5.74, 6) is 0.769. The van der Waals surface area contributed by atoms with Crippen molar-refractivity contribution in [1.82, 2.24) is 0 Å². The van der Waals surface area contributed by atoms with Crippen LogP contribution in [0.1, 0.15) is 43.0 Å². The van der Waals surface area contributed by atoms with Gasteiger partial charge in [-0.3, -0.25) is 4.99 Å². The molecule has 16 heavy (non-hydrogen) atoms. The van der Waals surface area contributed by atoms with Gasteiger partial charge < -0.3 is 0 Å². The molecule has 0 saturated carbocycles. The number of unbranched alkanes of at least 4 members (excludes halogenated alkanes) is 2. The summed E-state index contributed by atoms with van der Waals surface area (Å²) in [4.78, 5) is 5.90. The molecule has 0 aliphatic rings. The molecule has 3 heteroatoms. The topological polar surface area (TPSA) is 12.4 Å². The van der Waals surface area contributed by atoms with E-state index in [1.807, 2.05) is 17.6 Å². The molecule has 1 rings (SSSR count). The van der Waals surface area contributed by atoms with E-state index in [1.165, 1.54) is 29.7 Å². The number of aryl methyl sites for hydroxylation is 1. The fourth-order valence-electron chi connectivity index (χ4n) is 1.46. The number of alkyl halides is 1. The molecule has 0 aromatic carbocycles. The number of hydrogen-bond acceptors (Lipinski definition) is 2. The molecule has 0 aliphatic heterocycles. The third kappa shape index (κ3) is 5.13. The lowest BCUT2D eigenvalue weighted by Gasteiger charge is -1.98. The lowest BCUT2D eigenvalue weighted by molar-refractivity contribution is 0.805. The predicted molar refractivity (Wildman–Crippen MR) is 75.3 cm³/mol. The maximum Gasteiger partial charge on any atom is 0.0389 e. The molecule has 0 bridgehead atoms. The van der Waals surface area contributed by atoms with Crippen LogP contribution in [0.25, 0.3) is 0 Å². The lowest BCUT2D eigenvalue weighted by Crippen LogP contribution is -1.89. The molecule has 0 aliphatic carbocycles. The SMILES string of the molecule is CCCCN=Cc1ccsc1CCCCCl. The number of aliphatic imine (C=N–C) groups is 1. The van der Waals surface area contributed by atoms with E-state index >= 15 is 0 Å². The maximum absolute atomic E-state index is 5.68. The number of nitrogens with zero attached hydrogens (tertiary/aromatic N) is 1. The minimum absolute atomic E-state index is 0.769. The summed E-state index contributed by atoms with van der Waals surface area (Å²) in [6, 6.07) is 2.16. The standard InChI is InChI=1S/C13H20ClNS/c1-2-3-9-15-11-12-7-10-16-13(12)6-4-5-8-14/h7,10-11H,2-6,8-9H2,1H3. The highest BCUT2D eigenvalue weighted by atomic mass is 35.5. The first-order valence-electron chi connectivity index (χ1n) is 6.00. The second-order valence-electron chi connectivity index (χ2n) is 3.83. The van der Waals surface area contributed by atoms with Gasteiger partial charge in [-0.1, -0.05) is 13.3 Å². The van der Waals surface area contributed by atoms with Crippen LogP contribution in [-0.2, 0) is 6.42 Å². The Labute approximate surface area is 108 Å². The van der Waals surface area contributed by atoms with Crippen molar-refractivity contribution in [2.75, 3.05) is 12.4 Å². The van der Waals surface area contributed by atoms with Crippen LogP contribution >= 0.6 is 22.9 Å². The molecule has 0 radical (unpaired) electrons. The zero-order chi connectivity index (χ0) is 11.6. The average molecular weight is 258 g/mol. The van der Waals surface area contributed by atoms with Crippen LogP contribution < -0.4 is 0 Å². The minimum atomic E-state index is 0.769. The molecule has 0 amide bonds. The smallest absolute Gasteiger partial charge is 0.0389 e. The van der Waals surface area contributed by atoms with Crippen molar-refractivity contribution in [3.63, 3.8) is 0 Å². The monoisotopic (exact) mass is 257 g/mol. The second kappa shape index (κ2) is 8.77. The summed E-state index contributed by atoms with van der Waals surface area (Å²) in [5, 5.41) is 2.15. The Hall–Kier alpha value is -0.340. The third-order valence-electron chi connectivity index (χ3n) is 2.44. The van der Waals surface area contributed by atoms with Gasteiger partial charge in [0.05, 0.1) is 0 Å². The van der Waals surface area contributed by atoms with Crippen molar-refractivity contribution in [3.8, 4) is 0 Å². The molecule has 1 nitrogen and oxygen atoms in total. The highest BCUT2D eigenvalue weighted by Gasteiger charge is 2.01. The van der Waals surface area contributed by atoms with Gasteiger partial charge in [0.1, 0.15) is 0 Å². The Morgan fingerprint density at radius 1 is 1.38 bits per heavy atom. The van der Waals surface area contributed by atoms with Gasteiger partial charge in [-0.25, -0.2) is 0 Å². The highest BCUT2D eigenvalue weighted by molar-refractivity contribution is 7.10. The molecule has 0 atom stereocenters. The van der Waals surface area contributed by atoms with Gasteiger partial charge in [-0.15, -0.1) is 22.9 Å². The zero-order valence-electron chi connectivity index (χ0n) is 9.92. The van der Waals surface area contributed by atoms with E-state index in [-0.39, 0.29) is 0 Å². The van der Waals surface area contributed by atoms with Gasteiger partial charge in [0.15, 0.2) is 0 Å². The molecule has 0 spiro atoms. The molecular weight excluding hydrogens is 238 g/mol. The number of halogens is 1. The molecule has 0 saturated heterocycles. The van der Waals surface area contributed by atoms with E-state index in [0.717, 1.165) is 25.3 Å². The van der Waals surface area contributed by atoms with Crippen molar-refractivity contribution < 1.29 is 0 Å². The van der Waals surface area contributed by atoms with Gasteiger partial charge in [0.2, 0.25) is 0 Å². The van der Waals surface area contributed by atoms with Crippen LogP contribution in [0.15, 0.2) is 16.4 Å². The fraction of sp³-hybridized carbons (Fsp3) is 0.615. The lowest BCUT2D eigenvalue weighted by atomic mass is 10.1. The first-order chi connectivity index (χ1) is 7.88. The molecule has 0 unspecified atom stereocenters. The van der Waals surface area contributed by atoms with E-state index in [9.17, 15) is 0 Å².